The quantitative estimate of drug-likeness (QED) is 0.235. The summed E-state index contributed by atoms with van der Waals surface area (Å²) in [5, 5.41) is 0. The Hall–Kier alpha value is -0.300. The number of ether oxygens (including phenoxy) is 1. The fourth-order valence-electron chi connectivity index (χ4n) is 9.55. The van der Waals surface area contributed by atoms with Crippen molar-refractivity contribution in [1.82, 2.24) is 0 Å². The molecular weight excluding hydrogens is 400 g/mol. The molecule has 0 heterocycles. The maximum Gasteiger partial charge on any atom is 0.0668 e. The van der Waals surface area contributed by atoms with Crippen LogP contribution in [-0.4, -0.2) is 12.7 Å². The standard InChI is InChI=1S/C32H56O/c1-7-8-9-22-33-30-15-11-14-25-16-17-26-28-19-18-27(24(4)13-10-12-23(2)3)31(28,5)21-20-29(26)32(25,30)6/h16,23-24,26-30H,7-15,17-22H2,1-6H3/t24-,26+,27-,28+,29+,30+,31-,32+/m1/s1. The first-order valence-corrected chi connectivity index (χ1v) is 15.1. The van der Waals surface area contributed by atoms with E-state index >= 15 is 0 Å². The SMILES string of the molecule is CCCCCO[C@H]1CCCC2=CC[C@H]3[C@@H]4CC[C@H]([C@H](C)CCCC(C)C)[C@@]4(C)CC[C@@H]3[C@]21C. The van der Waals surface area contributed by atoms with Crippen LogP contribution in [0.4, 0.5) is 0 Å². The highest BCUT2D eigenvalue weighted by atomic mass is 16.5. The first-order valence-electron chi connectivity index (χ1n) is 15.1. The summed E-state index contributed by atoms with van der Waals surface area (Å²) < 4.78 is 6.73. The van der Waals surface area contributed by atoms with Gasteiger partial charge in [0.25, 0.3) is 0 Å². The van der Waals surface area contributed by atoms with Crippen molar-refractivity contribution in [3.8, 4) is 0 Å². The molecule has 33 heavy (non-hydrogen) atoms. The molecule has 0 N–H and O–H groups in total. The topological polar surface area (TPSA) is 9.23 Å². The predicted octanol–water partition coefficient (Wildman–Crippen LogP) is 9.60. The average Bonchev–Trinajstić information content (AvgIpc) is 3.14. The smallest absolute Gasteiger partial charge is 0.0668 e. The first kappa shape index (κ1) is 25.8. The van der Waals surface area contributed by atoms with Crippen LogP contribution < -0.4 is 0 Å². The summed E-state index contributed by atoms with van der Waals surface area (Å²) in [4.78, 5) is 0. The molecule has 1 nitrogen and oxygen atoms in total. The molecule has 0 aromatic rings. The number of hydrogen-bond acceptors (Lipinski definition) is 1. The second kappa shape index (κ2) is 10.8. The summed E-state index contributed by atoms with van der Waals surface area (Å²) in [6, 6.07) is 0. The summed E-state index contributed by atoms with van der Waals surface area (Å²) in [5.41, 5.74) is 2.69. The van der Waals surface area contributed by atoms with E-state index in [0.717, 1.165) is 42.1 Å². The van der Waals surface area contributed by atoms with Crippen LogP contribution in [0.5, 0.6) is 0 Å². The van der Waals surface area contributed by atoms with Crippen LogP contribution in [0.2, 0.25) is 0 Å². The molecule has 0 amide bonds. The van der Waals surface area contributed by atoms with Gasteiger partial charge in [-0.25, -0.2) is 0 Å². The van der Waals surface area contributed by atoms with Crippen LogP contribution in [0.3, 0.4) is 0 Å². The number of rotatable bonds is 10. The van der Waals surface area contributed by atoms with Gasteiger partial charge < -0.3 is 4.74 Å². The van der Waals surface area contributed by atoms with E-state index in [4.69, 9.17) is 4.74 Å². The van der Waals surface area contributed by atoms with E-state index in [9.17, 15) is 0 Å². The number of fused-ring (bicyclic) bond motifs is 5. The Morgan fingerprint density at radius 3 is 2.55 bits per heavy atom. The minimum Gasteiger partial charge on any atom is -0.377 e. The molecule has 0 radical (unpaired) electrons. The van der Waals surface area contributed by atoms with E-state index in [1.165, 1.54) is 89.9 Å². The Morgan fingerprint density at radius 2 is 1.79 bits per heavy atom. The summed E-state index contributed by atoms with van der Waals surface area (Å²) in [7, 11) is 0. The van der Waals surface area contributed by atoms with Gasteiger partial charge in [-0.2, -0.15) is 0 Å². The number of unbranched alkanes of at least 4 members (excludes halogenated alkanes) is 2. The van der Waals surface area contributed by atoms with Gasteiger partial charge in [0.2, 0.25) is 0 Å². The minimum absolute atomic E-state index is 0.315. The van der Waals surface area contributed by atoms with Crippen molar-refractivity contribution in [3.05, 3.63) is 11.6 Å². The third-order valence-corrected chi connectivity index (χ3v) is 11.4. The first-order chi connectivity index (χ1) is 15.8. The molecule has 1 heteroatoms. The molecule has 4 rings (SSSR count). The van der Waals surface area contributed by atoms with E-state index in [-0.39, 0.29) is 0 Å². The van der Waals surface area contributed by atoms with E-state index < -0.39 is 0 Å². The zero-order valence-electron chi connectivity index (χ0n) is 23.1. The zero-order chi connectivity index (χ0) is 23.6. The summed E-state index contributed by atoms with van der Waals surface area (Å²) in [6.07, 6.45) is 22.6. The molecule has 8 atom stereocenters. The van der Waals surface area contributed by atoms with E-state index in [1.807, 2.05) is 0 Å². The Bertz CT molecular complexity index is 663. The van der Waals surface area contributed by atoms with Gasteiger partial charge in [0.1, 0.15) is 0 Å². The lowest BCUT2D eigenvalue weighted by Crippen LogP contribution is -2.54. The second-order valence-electron chi connectivity index (χ2n) is 13.6. The Balaban J connectivity index is 1.48. The Kier molecular flexibility index (Phi) is 8.40. The fraction of sp³-hybridized carbons (Fsp3) is 0.938. The van der Waals surface area contributed by atoms with E-state index in [2.05, 4.69) is 47.6 Å². The molecule has 0 bridgehead atoms. The Morgan fingerprint density at radius 1 is 0.970 bits per heavy atom. The minimum atomic E-state index is 0.315. The molecule has 190 valence electrons. The van der Waals surface area contributed by atoms with Gasteiger partial charge in [-0.3, -0.25) is 0 Å². The van der Waals surface area contributed by atoms with Gasteiger partial charge >= 0.3 is 0 Å². The maximum absolute atomic E-state index is 6.73. The number of hydrogen-bond donors (Lipinski definition) is 0. The maximum atomic E-state index is 6.73. The van der Waals surface area contributed by atoms with E-state index in [0.29, 0.717) is 16.9 Å². The van der Waals surface area contributed by atoms with Crippen molar-refractivity contribution in [2.75, 3.05) is 6.61 Å². The van der Waals surface area contributed by atoms with Gasteiger partial charge in [0, 0.05) is 12.0 Å². The fourth-order valence-corrected chi connectivity index (χ4v) is 9.55. The highest BCUT2D eigenvalue weighted by Crippen LogP contribution is 2.67. The molecule has 0 aliphatic heterocycles. The molecule has 0 spiro atoms. The molecule has 0 unspecified atom stereocenters. The largest absolute Gasteiger partial charge is 0.377 e. The van der Waals surface area contributed by atoms with Crippen LogP contribution in [0.15, 0.2) is 11.6 Å². The molecule has 3 saturated carbocycles. The molecule has 0 saturated heterocycles. The van der Waals surface area contributed by atoms with Gasteiger partial charge in [0.15, 0.2) is 0 Å². The molecule has 4 aliphatic rings. The van der Waals surface area contributed by atoms with Crippen molar-refractivity contribution in [1.29, 1.82) is 0 Å². The molecule has 3 fully saturated rings. The normalized spacial score (nSPS) is 41.3. The zero-order valence-corrected chi connectivity index (χ0v) is 23.1. The second-order valence-corrected chi connectivity index (χ2v) is 13.6. The lowest BCUT2D eigenvalue weighted by molar-refractivity contribution is -0.116. The average molecular weight is 457 g/mol. The van der Waals surface area contributed by atoms with Crippen LogP contribution in [-0.2, 0) is 4.74 Å². The van der Waals surface area contributed by atoms with Crippen LogP contribution in [0.25, 0.3) is 0 Å². The third kappa shape index (κ3) is 4.88. The van der Waals surface area contributed by atoms with Crippen LogP contribution in [0, 0.1) is 46.3 Å². The van der Waals surface area contributed by atoms with Gasteiger partial charge in [-0.05, 0) is 98.7 Å². The Labute approximate surface area is 206 Å². The van der Waals surface area contributed by atoms with Crippen LogP contribution in [0.1, 0.15) is 131 Å². The van der Waals surface area contributed by atoms with Crippen molar-refractivity contribution in [3.63, 3.8) is 0 Å². The van der Waals surface area contributed by atoms with E-state index in [1.54, 1.807) is 5.57 Å². The highest BCUT2D eigenvalue weighted by Gasteiger charge is 2.60. The summed E-state index contributed by atoms with van der Waals surface area (Å²) in [6.45, 7) is 16.0. The molecule has 0 aromatic heterocycles. The lowest BCUT2D eigenvalue weighted by Gasteiger charge is -2.60. The van der Waals surface area contributed by atoms with Gasteiger partial charge in [-0.15, -0.1) is 0 Å². The number of allylic oxidation sites excluding steroid dienone is 1. The van der Waals surface area contributed by atoms with Crippen molar-refractivity contribution in [2.24, 2.45) is 46.3 Å². The molecular formula is C32H56O. The third-order valence-electron chi connectivity index (χ3n) is 11.4. The predicted molar refractivity (Wildman–Crippen MR) is 142 cm³/mol. The summed E-state index contributed by atoms with van der Waals surface area (Å²) in [5.74, 6) is 5.45. The molecule has 4 aliphatic carbocycles. The highest BCUT2D eigenvalue weighted by molar-refractivity contribution is 5.26. The summed E-state index contributed by atoms with van der Waals surface area (Å²) >= 11 is 0. The van der Waals surface area contributed by atoms with Crippen molar-refractivity contribution < 1.29 is 4.74 Å². The van der Waals surface area contributed by atoms with Crippen molar-refractivity contribution in [2.45, 2.75) is 138 Å². The van der Waals surface area contributed by atoms with Gasteiger partial charge in [0.05, 0.1) is 6.10 Å². The van der Waals surface area contributed by atoms with Gasteiger partial charge in [-0.1, -0.05) is 85.3 Å². The van der Waals surface area contributed by atoms with Crippen molar-refractivity contribution >= 4 is 0 Å². The molecule has 0 aromatic carbocycles. The van der Waals surface area contributed by atoms with Crippen LogP contribution >= 0.6 is 0 Å². The lowest BCUT2D eigenvalue weighted by atomic mass is 9.46. The monoisotopic (exact) mass is 456 g/mol.